The van der Waals surface area contributed by atoms with Crippen molar-refractivity contribution >= 4 is 29.3 Å². The summed E-state index contributed by atoms with van der Waals surface area (Å²) < 4.78 is 1.83. The standard InChI is InChI=1S/C21H21ClN4OS/c1-14-10-18(14)20(15-6-3-2-4-7-15)24-19(27)12-28-21-25-23-13-26(21)17-9-5-8-16(22)11-17/h2-9,11,13-14,18,20H,10,12H2,1H3,(H,24,27). The topological polar surface area (TPSA) is 59.8 Å². The van der Waals surface area contributed by atoms with Gasteiger partial charge in [0, 0.05) is 5.02 Å². The summed E-state index contributed by atoms with van der Waals surface area (Å²) in [5.41, 5.74) is 2.03. The molecule has 144 valence electrons. The van der Waals surface area contributed by atoms with Crippen LogP contribution in [0.25, 0.3) is 5.69 Å². The molecule has 3 unspecified atom stereocenters. The molecule has 1 aromatic heterocycles. The Kier molecular flexibility index (Phi) is 5.69. The molecule has 1 saturated carbocycles. The fraction of sp³-hybridized carbons (Fsp3) is 0.286. The van der Waals surface area contributed by atoms with Crippen LogP contribution in [-0.2, 0) is 4.79 Å². The second kappa shape index (κ2) is 8.37. The van der Waals surface area contributed by atoms with Gasteiger partial charge in [0.1, 0.15) is 6.33 Å². The van der Waals surface area contributed by atoms with Crippen LogP contribution in [0.5, 0.6) is 0 Å². The third-order valence-electron chi connectivity index (χ3n) is 5.01. The maximum absolute atomic E-state index is 12.7. The number of rotatable bonds is 7. The van der Waals surface area contributed by atoms with Crippen LogP contribution in [0, 0.1) is 11.8 Å². The number of nitrogens with zero attached hydrogens (tertiary/aromatic N) is 3. The molecule has 0 saturated heterocycles. The Morgan fingerprint density at radius 3 is 2.79 bits per heavy atom. The van der Waals surface area contributed by atoms with E-state index in [0.717, 1.165) is 17.7 Å². The molecule has 1 fully saturated rings. The van der Waals surface area contributed by atoms with E-state index in [-0.39, 0.29) is 17.7 Å². The van der Waals surface area contributed by atoms with E-state index in [1.807, 2.05) is 47.0 Å². The smallest absolute Gasteiger partial charge is 0.230 e. The summed E-state index contributed by atoms with van der Waals surface area (Å²) in [5, 5.41) is 12.6. The van der Waals surface area contributed by atoms with Crippen molar-refractivity contribution in [2.24, 2.45) is 11.8 Å². The van der Waals surface area contributed by atoms with E-state index in [4.69, 9.17) is 11.6 Å². The second-order valence-corrected chi connectivity index (χ2v) is 8.46. The Labute approximate surface area is 173 Å². The number of nitrogens with one attached hydrogen (secondary N) is 1. The molecule has 1 heterocycles. The zero-order valence-corrected chi connectivity index (χ0v) is 17.0. The van der Waals surface area contributed by atoms with Gasteiger partial charge in [-0.1, -0.05) is 66.7 Å². The summed E-state index contributed by atoms with van der Waals surface area (Å²) >= 11 is 7.45. The van der Waals surface area contributed by atoms with E-state index in [9.17, 15) is 4.79 Å². The largest absolute Gasteiger partial charge is 0.348 e. The number of benzene rings is 2. The predicted molar refractivity (Wildman–Crippen MR) is 112 cm³/mol. The maximum atomic E-state index is 12.7. The van der Waals surface area contributed by atoms with Gasteiger partial charge < -0.3 is 5.32 Å². The average Bonchev–Trinajstić information content (AvgIpc) is 3.24. The third kappa shape index (κ3) is 4.39. The molecule has 2 aromatic carbocycles. The molecule has 1 amide bonds. The monoisotopic (exact) mass is 412 g/mol. The lowest BCUT2D eigenvalue weighted by atomic mass is 10.0. The molecular weight excluding hydrogens is 392 g/mol. The van der Waals surface area contributed by atoms with Gasteiger partial charge in [0.2, 0.25) is 5.91 Å². The van der Waals surface area contributed by atoms with Gasteiger partial charge in [-0.3, -0.25) is 9.36 Å². The van der Waals surface area contributed by atoms with Gasteiger partial charge in [-0.05, 0) is 42.0 Å². The number of aromatic nitrogens is 3. The number of thioether (sulfide) groups is 1. The number of halogens is 1. The highest BCUT2D eigenvalue weighted by Crippen LogP contribution is 2.46. The first-order chi connectivity index (χ1) is 13.6. The Balaban J connectivity index is 1.42. The molecule has 28 heavy (non-hydrogen) atoms. The van der Waals surface area contributed by atoms with Crippen molar-refractivity contribution in [2.45, 2.75) is 24.5 Å². The summed E-state index contributed by atoms with van der Waals surface area (Å²) in [7, 11) is 0. The average molecular weight is 413 g/mol. The molecular formula is C21H21ClN4OS. The molecule has 3 atom stereocenters. The first-order valence-corrected chi connectivity index (χ1v) is 10.6. The second-order valence-electron chi connectivity index (χ2n) is 7.08. The molecule has 7 heteroatoms. The number of carbonyl (C=O) groups is 1. The molecule has 5 nitrogen and oxygen atoms in total. The van der Waals surface area contributed by atoms with E-state index < -0.39 is 0 Å². The Morgan fingerprint density at radius 2 is 2.07 bits per heavy atom. The Hall–Kier alpha value is -2.31. The molecule has 1 aliphatic rings. The van der Waals surface area contributed by atoms with Gasteiger partial charge in [-0.25, -0.2) is 0 Å². The van der Waals surface area contributed by atoms with Crippen molar-refractivity contribution in [3.63, 3.8) is 0 Å². The fourth-order valence-corrected chi connectivity index (χ4v) is 4.31. The third-order valence-corrected chi connectivity index (χ3v) is 6.19. The van der Waals surface area contributed by atoms with Gasteiger partial charge in [0.25, 0.3) is 0 Å². The summed E-state index contributed by atoms with van der Waals surface area (Å²) in [5.74, 6) is 1.43. The van der Waals surface area contributed by atoms with Crippen LogP contribution in [0.15, 0.2) is 66.1 Å². The Morgan fingerprint density at radius 1 is 1.29 bits per heavy atom. The molecule has 0 spiro atoms. The molecule has 1 aliphatic carbocycles. The van der Waals surface area contributed by atoms with Crippen molar-refractivity contribution in [2.75, 3.05) is 5.75 Å². The first-order valence-electron chi connectivity index (χ1n) is 9.25. The molecule has 1 N–H and O–H groups in total. The van der Waals surface area contributed by atoms with E-state index in [0.29, 0.717) is 22.0 Å². The minimum Gasteiger partial charge on any atom is -0.348 e. The van der Waals surface area contributed by atoms with E-state index in [1.54, 1.807) is 6.33 Å². The van der Waals surface area contributed by atoms with Crippen molar-refractivity contribution in [1.82, 2.24) is 20.1 Å². The van der Waals surface area contributed by atoms with Gasteiger partial charge >= 0.3 is 0 Å². The van der Waals surface area contributed by atoms with Crippen molar-refractivity contribution in [3.8, 4) is 5.69 Å². The van der Waals surface area contributed by atoms with Crippen molar-refractivity contribution < 1.29 is 4.79 Å². The number of carbonyl (C=O) groups excluding carboxylic acids is 1. The van der Waals surface area contributed by atoms with Crippen LogP contribution < -0.4 is 5.32 Å². The van der Waals surface area contributed by atoms with Crippen LogP contribution in [0.1, 0.15) is 24.9 Å². The van der Waals surface area contributed by atoms with Crippen LogP contribution in [-0.4, -0.2) is 26.4 Å². The highest BCUT2D eigenvalue weighted by molar-refractivity contribution is 7.99. The number of amides is 1. The highest BCUT2D eigenvalue weighted by Gasteiger charge is 2.40. The van der Waals surface area contributed by atoms with E-state index >= 15 is 0 Å². The molecule has 3 aromatic rings. The van der Waals surface area contributed by atoms with Gasteiger partial charge in [0.05, 0.1) is 17.5 Å². The predicted octanol–water partition coefficient (Wildman–Crippen LogP) is 4.53. The van der Waals surface area contributed by atoms with Crippen LogP contribution in [0.2, 0.25) is 5.02 Å². The van der Waals surface area contributed by atoms with Gasteiger partial charge in [0.15, 0.2) is 5.16 Å². The zero-order chi connectivity index (χ0) is 19.5. The fourth-order valence-electron chi connectivity index (χ4n) is 3.38. The molecule has 0 aliphatic heterocycles. The van der Waals surface area contributed by atoms with Crippen molar-refractivity contribution in [1.29, 1.82) is 0 Å². The number of hydrogen-bond donors (Lipinski definition) is 1. The quantitative estimate of drug-likeness (QED) is 0.579. The summed E-state index contributed by atoms with van der Waals surface area (Å²) in [6, 6.07) is 17.7. The van der Waals surface area contributed by atoms with E-state index in [2.05, 4.69) is 34.6 Å². The minimum atomic E-state index is -0.00130. The van der Waals surface area contributed by atoms with Crippen LogP contribution >= 0.6 is 23.4 Å². The number of hydrogen-bond acceptors (Lipinski definition) is 4. The Bertz CT molecular complexity index is 962. The lowest BCUT2D eigenvalue weighted by Crippen LogP contribution is -2.31. The molecule has 0 radical (unpaired) electrons. The highest BCUT2D eigenvalue weighted by atomic mass is 35.5. The van der Waals surface area contributed by atoms with Crippen molar-refractivity contribution in [3.05, 3.63) is 71.5 Å². The van der Waals surface area contributed by atoms with Crippen LogP contribution in [0.3, 0.4) is 0 Å². The molecule has 4 rings (SSSR count). The lowest BCUT2D eigenvalue weighted by molar-refractivity contribution is -0.119. The van der Waals surface area contributed by atoms with Gasteiger partial charge in [-0.2, -0.15) is 0 Å². The summed E-state index contributed by atoms with van der Waals surface area (Å²) in [6.07, 6.45) is 2.78. The normalized spacial score (nSPS) is 19.2. The molecule has 0 bridgehead atoms. The maximum Gasteiger partial charge on any atom is 0.230 e. The summed E-state index contributed by atoms with van der Waals surface area (Å²) in [6.45, 7) is 2.23. The van der Waals surface area contributed by atoms with Gasteiger partial charge in [-0.15, -0.1) is 10.2 Å². The minimum absolute atomic E-state index is 0.00130. The lowest BCUT2D eigenvalue weighted by Gasteiger charge is -2.19. The first kappa shape index (κ1) is 19.0. The van der Waals surface area contributed by atoms with E-state index in [1.165, 1.54) is 11.8 Å². The summed E-state index contributed by atoms with van der Waals surface area (Å²) in [4.78, 5) is 12.7. The SMILES string of the molecule is CC1CC1C(NC(=O)CSc1nncn1-c1cccc(Cl)c1)c1ccccc1. The zero-order valence-electron chi connectivity index (χ0n) is 15.5. The van der Waals surface area contributed by atoms with Crippen LogP contribution in [0.4, 0.5) is 0 Å².